The van der Waals surface area contributed by atoms with Gasteiger partial charge in [-0.1, -0.05) is 12.1 Å². The van der Waals surface area contributed by atoms with Gasteiger partial charge in [0.2, 0.25) is 5.91 Å². The van der Waals surface area contributed by atoms with Crippen LogP contribution in [0.1, 0.15) is 32.9 Å². The van der Waals surface area contributed by atoms with Crippen LogP contribution in [0.2, 0.25) is 0 Å². The second-order valence-electron chi connectivity index (χ2n) is 5.54. The summed E-state index contributed by atoms with van der Waals surface area (Å²) in [6.07, 6.45) is 1.64. The van der Waals surface area contributed by atoms with Crippen LogP contribution in [0.15, 0.2) is 47.1 Å². The Hall–Kier alpha value is -3.40. The first-order chi connectivity index (χ1) is 12.1. The highest BCUT2D eigenvalue weighted by Gasteiger charge is 2.37. The van der Waals surface area contributed by atoms with Crippen LogP contribution in [-0.2, 0) is 11.3 Å². The minimum atomic E-state index is -0.479. The molecule has 0 bridgehead atoms. The normalized spacial score (nSPS) is 12.8. The van der Waals surface area contributed by atoms with E-state index in [-0.39, 0.29) is 26.1 Å². The van der Waals surface area contributed by atoms with Crippen LogP contribution in [0, 0.1) is 11.3 Å². The molecule has 126 valence electrons. The maximum Gasteiger partial charge on any atom is 0.262 e. The van der Waals surface area contributed by atoms with Gasteiger partial charge >= 0.3 is 0 Å². The van der Waals surface area contributed by atoms with Crippen LogP contribution in [0.5, 0.6) is 0 Å². The molecule has 25 heavy (non-hydrogen) atoms. The number of benzene rings is 1. The predicted molar refractivity (Wildman–Crippen MR) is 86.2 cm³/mol. The van der Waals surface area contributed by atoms with E-state index in [1.807, 2.05) is 6.07 Å². The lowest BCUT2D eigenvalue weighted by Crippen LogP contribution is -2.42. The van der Waals surface area contributed by atoms with Gasteiger partial charge in [-0.3, -0.25) is 19.3 Å². The summed E-state index contributed by atoms with van der Waals surface area (Å²) >= 11 is 0. The average molecular weight is 337 g/mol. The molecule has 2 aromatic rings. The van der Waals surface area contributed by atoms with Crippen molar-refractivity contribution in [1.82, 2.24) is 9.80 Å². The van der Waals surface area contributed by atoms with Gasteiger partial charge in [0.05, 0.1) is 36.4 Å². The highest BCUT2D eigenvalue weighted by molar-refractivity contribution is 6.22. The Morgan fingerprint density at radius 3 is 2.36 bits per heavy atom. The first-order valence-electron chi connectivity index (χ1n) is 7.74. The summed E-state index contributed by atoms with van der Waals surface area (Å²) < 4.78 is 5.23. The molecule has 0 unspecified atom stereocenters. The molecule has 1 aliphatic heterocycles. The van der Waals surface area contributed by atoms with Gasteiger partial charge in [-0.15, -0.1) is 0 Å². The third kappa shape index (κ3) is 3.28. The molecule has 1 aromatic heterocycles. The zero-order valence-electron chi connectivity index (χ0n) is 13.3. The molecule has 3 rings (SSSR count). The van der Waals surface area contributed by atoms with Gasteiger partial charge in [-0.05, 0) is 24.3 Å². The van der Waals surface area contributed by atoms with Crippen LogP contribution in [0.4, 0.5) is 0 Å². The molecule has 0 saturated carbocycles. The Bertz CT molecular complexity index is 816. The Morgan fingerprint density at radius 2 is 1.80 bits per heavy atom. The average Bonchev–Trinajstić information content (AvgIpc) is 3.22. The van der Waals surface area contributed by atoms with Crippen molar-refractivity contribution in [1.29, 1.82) is 5.26 Å². The lowest BCUT2D eigenvalue weighted by Gasteiger charge is -2.23. The first kappa shape index (κ1) is 16.5. The predicted octanol–water partition coefficient (Wildman–Crippen LogP) is 1.82. The van der Waals surface area contributed by atoms with Crippen LogP contribution >= 0.6 is 0 Å². The van der Waals surface area contributed by atoms with E-state index in [1.54, 1.807) is 36.4 Å². The Kier molecular flexibility index (Phi) is 4.61. The summed E-state index contributed by atoms with van der Waals surface area (Å²) in [5, 5.41) is 8.78. The number of nitriles is 1. The van der Waals surface area contributed by atoms with Crippen molar-refractivity contribution in [2.75, 3.05) is 13.1 Å². The molecular formula is C18H15N3O4. The Labute approximate surface area is 144 Å². The number of amides is 3. The van der Waals surface area contributed by atoms with E-state index < -0.39 is 17.7 Å². The van der Waals surface area contributed by atoms with E-state index in [2.05, 4.69) is 0 Å². The van der Waals surface area contributed by atoms with Gasteiger partial charge in [0.25, 0.3) is 11.8 Å². The number of fused-ring (bicyclic) bond motifs is 1. The smallest absolute Gasteiger partial charge is 0.262 e. The van der Waals surface area contributed by atoms with E-state index in [4.69, 9.17) is 9.68 Å². The van der Waals surface area contributed by atoms with Crippen molar-refractivity contribution < 1.29 is 18.8 Å². The molecule has 1 aliphatic rings. The SMILES string of the molecule is N#CCCN(Cc1ccco1)C(=O)CN1C(=O)c2ccccc2C1=O. The minimum absolute atomic E-state index is 0.147. The molecular weight excluding hydrogens is 322 g/mol. The number of rotatable bonds is 6. The number of imide groups is 1. The fourth-order valence-electron chi connectivity index (χ4n) is 2.69. The zero-order valence-corrected chi connectivity index (χ0v) is 13.3. The minimum Gasteiger partial charge on any atom is -0.467 e. The molecule has 0 aliphatic carbocycles. The standard InChI is InChI=1S/C18H15N3O4/c19-8-4-9-20(11-13-5-3-10-25-13)16(22)12-21-17(23)14-6-1-2-7-15(14)18(21)24/h1-3,5-7,10H,4,9,11-12H2. The van der Waals surface area contributed by atoms with Gasteiger partial charge in [-0.2, -0.15) is 5.26 Å². The molecule has 2 heterocycles. The third-order valence-electron chi connectivity index (χ3n) is 3.94. The summed E-state index contributed by atoms with van der Waals surface area (Å²) in [5.41, 5.74) is 0.602. The summed E-state index contributed by atoms with van der Waals surface area (Å²) in [6, 6.07) is 11.9. The van der Waals surface area contributed by atoms with Crippen LogP contribution < -0.4 is 0 Å². The van der Waals surface area contributed by atoms with E-state index in [9.17, 15) is 14.4 Å². The molecule has 3 amide bonds. The van der Waals surface area contributed by atoms with Gasteiger partial charge in [0.1, 0.15) is 12.3 Å². The fraction of sp³-hybridized carbons (Fsp3) is 0.222. The number of nitrogens with zero attached hydrogens (tertiary/aromatic N) is 3. The summed E-state index contributed by atoms with van der Waals surface area (Å²) in [4.78, 5) is 39.7. The molecule has 0 spiro atoms. The molecule has 7 nitrogen and oxygen atoms in total. The van der Waals surface area contributed by atoms with Crippen LogP contribution in [-0.4, -0.2) is 40.6 Å². The highest BCUT2D eigenvalue weighted by atomic mass is 16.3. The maximum atomic E-state index is 12.6. The van der Waals surface area contributed by atoms with Crippen molar-refractivity contribution in [2.45, 2.75) is 13.0 Å². The number of carbonyl (C=O) groups is 3. The van der Waals surface area contributed by atoms with Crippen molar-refractivity contribution in [2.24, 2.45) is 0 Å². The maximum absolute atomic E-state index is 12.6. The Morgan fingerprint density at radius 1 is 1.12 bits per heavy atom. The molecule has 0 radical (unpaired) electrons. The number of carbonyl (C=O) groups excluding carboxylic acids is 3. The van der Waals surface area contributed by atoms with Crippen molar-refractivity contribution in [3.05, 3.63) is 59.5 Å². The third-order valence-corrected chi connectivity index (χ3v) is 3.94. The summed E-state index contributed by atoms with van der Waals surface area (Å²) in [6.45, 7) is 0.00830. The molecule has 1 aromatic carbocycles. The van der Waals surface area contributed by atoms with Gasteiger partial charge < -0.3 is 9.32 Å². The monoisotopic (exact) mass is 337 g/mol. The van der Waals surface area contributed by atoms with Crippen molar-refractivity contribution >= 4 is 17.7 Å². The van der Waals surface area contributed by atoms with Gasteiger partial charge in [0.15, 0.2) is 0 Å². The first-order valence-corrected chi connectivity index (χ1v) is 7.74. The summed E-state index contributed by atoms with van der Waals surface area (Å²) in [7, 11) is 0. The topological polar surface area (TPSA) is 94.6 Å². The largest absolute Gasteiger partial charge is 0.467 e. The lowest BCUT2D eigenvalue weighted by molar-refractivity contribution is -0.132. The quantitative estimate of drug-likeness (QED) is 0.749. The van der Waals surface area contributed by atoms with E-state index in [0.717, 1.165) is 4.90 Å². The molecule has 0 saturated heterocycles. The van der Waals surface area contributed by atoms with E-state index >= 15 is 0 Å². The summed E-state index contributed by atoms with van der Waals surface area (Å²) in [5.74, 6) is -0.811. The molecule has 0 atom stereocenters. The molecule has 0 fully saturated rings. The van der Waals surface area contributed by atoms with Crippen LogP contribution in [0.3, 0.4) is 0 Å². The second-order valence-corrected chi connectivity index (χ2v) is 5.54. The van der Waals surface area contributed by atoms with Crippen molar-refractivity contribution in [3.63, 3.8) is 0 Å². The molecule has 7 heteroatoms. The number of furan rings is 1. The van der Waals surface area contributed by atoms with Gasteiger partial charge in [-0.25, -0.2) is 0 Å². The van der Waals surface area contributed by atoms with E-state index in [1.165, 1.54) is 11.2 Å². The number of hydrogen-bond acceptors (Lipinski definition) is 5. The zero-order chi connectivity index (χ0) is 17.8. The van der Waals surface area contributed by atoms with Crippen LogP contribution in [0.25, 0.3) is 0 Å². The second kappa shape index (κ2) is 7.01. The molecule has 0 N–H and O–H groups in total. The van der Waals surface area contributed by atoms with Gasteiger partial charge in [0, 0.05) is 6.54 Å². The highest BCUT2D eigenvalue weighted by Crippen LogP contribution is 2.22. The van der Waals surface area contributed by atoms with Crippen molar-refractivity contribution in [3.8, 4) is 6.07 Å². The Balaban J connectivity index is 1.74. The number of hydrogen-bond donors (Lipinski definition) is 0. The van der Waals surface area contributed by atoms with E-state index in [0.29, 0.717) is 16.9 Å². The fourth-order valence-corrected chi connectivity index (χ4v) is 2.69. The lowest BCUT2D eigenvalue weighted by atomic mass is 10.1.